The normalized spacial score (nSPS) is 26.9. The van der Waals surface area contributed by atoms with Crippen molar-refractivity contribution in [2.45, 2.75) is 38.3 Å². The van der Waals surface area contributed by atoms with E-state index in [4.69, 9.17) is 0 Å². The molecule has 1 saturated carbocycles. The summed E-state index contributed by atoms with van der Waals surface area (Å²) < 4.78 is 0. The second kappa shape index (κ2) is 5.93. The van der Waals surface area contributed by atoms with Crippen molar-refractivity contribution >= 4 is 11.8 Å². The Kier molecular flexibility index (Phi) is 3.77. The van der Waals surface area contributed by atoms with Crippen molar-refractivity contribution in [1.29, 1.82) is 0 Å². The first kappa shape index (κ1) is 14.6. The van der Waals surface area contributed by atoms with Crippen molar-refractivity contribution in [2.75, 3.05) is 6.67 Å². The summed E-state index contributed by atoms with van der Waals surface area (Å²) in [6.45, 7) is 1.25. The maximum atomic E-state index is 12.6. The lowest BCUT2D eigenvalue weighted by Crippen LogP contribution is -2.42. The summed E-state index contributed by atoms with van der Waals surface area (Å²) in [7, 11) is 0. The Morgan fingerprint density at radius 1 is 0.957 bits per heavy atom. The third-order valence-corrected chi connectivity index (χ3v) is 5.21. The van der Waals surface area contributed by atoms with Crippen LogP contribution in [0.5, 0.6) is 0 Å². The lowest BCUT2D eigenvalue weighted by Gasteiger charge is -2.27. The lowest BCUT2D eigenvalue weighted by molar-refractivity contribution is -0.142. The number of fused-ring (bicyclic) bond motifs is 1. The van der Waals surface area contributed by atoms with E-state index in [2.05, 4.69) is 17.0 Å². The Labute approximate surface area is 136 Å². The Morgan fingerprint density at radius 3 is 2.13 bits per heavy atom. The number of amides is 2. The number of carbonyl (C=O) groups is 2. The highest BCUT2D eigenvalue weighted by atomic mass is 16.2. The third-order valence-electron chi connectivity index (χ3n) is 5.21. The van der Waals surface area contributed by atoms with Crippen LogP contribution in [0.1, 0.15) is 31.2 Å². The monoisotopic (exact) mass is 310 g/mol. The Bertz CT molecular complexity index is 610. The molecule has 2 aliphatic carbocycles. The number of benzene rings is 1. The molecule has 1 heterocycles. The molecule has 0 radical (unpaired) electrons. The summed E-state index contributed by atoms with van der Waals surface area (Å²) >= 11 is 0. The number of rotatable bonds is 5. The van der Waals surface area contributed by atoms with Crippen molar-refractivity contribution in [3.63, 3.8) is 0 Å². The van der Waals surface area contributed by atoms with Gasteiger partial charge in [0.1, 0.15) is 0 Å². The molecule has 2 amide bonds. The number of nitrogens with zero attached hydrogens (tertiary/aromatic N) is 2. The average Bonchev–Trinajstić information content (AvgIpc) is 3.40. The molecule has 1 saturated heterocycles. The van der Waals surface area contributed by atoms with Gasteiger partial charge in [0.2, 0.25) is 11.8 Å². The third kappa shape index (κ3) is 2.83. The predicted octanol–water partition coefficient (Wildman–Crippen LogP) is 2.56. The van der Waals surface area contributed by atoms with Crippen LogP contribution in [0, 0.1) is 11.8 Å². The van der Waals surface area contributed by atoms with E-state index < -0.39 is 0 Å². The van der Waals surface area contributed by atoms with Crippen LogP contribution < -0.4 is 0 Å². The number of allylic oxidation sites excluding steroid dienone is 2. The van der Waals surface area contributed by atoms with E-state index in [1.807, 2.05) is 30.4 Å². The molecular weight excluding hydrogens is 288 g/mol. The van der Waals surface area contributed by atoms with Crippen LogP contribution in [0.2, 0.25) is 0 Å². The molecule has 1 aromatic carbocycles. The van der Waals surface area contributed by atoms with Crippen molar-refractivity contribution in [2.24, 2.45) is 11.8 Å². The van der Waals surface area contributed by atoms with Crippen molar-refractivity contribution in [3.05, 3.63) is 48.0 Å². The fraction of sp³-hybridized carbons (Fsp3) is 0.474. The second-order valence-electron chi connectivity index (χ2n) is 6.87. The molecule has 23 heavy (non-hydrogen) atoms. The fourth-order valence-corrected chi connectivity index (χ4v) is 3.74. The molecule has 0 spiro atoms. The highest BCUT2D eigenvalue weighted by Crippen LogP contribution is 2.36. The molecule has 0 unspecified atom stereocenters. The zero-order chi connectivity index (χ0) is 15.8. The van der Waals surface area contributed by atoms with Gasteiger partial charge in [-0.05, 0) is 31.2 Å². The first-order chi connectivity index (χ1) is 11.2. The fourth-order valence-electron chi connectivity index (χ4n) is 3.74. The molecule has 1 aromatic rings. The van der Waals surface area contributed by atoms with Gasteiger partial charge in [0.15, 0.2) is 0 Å². The Balaban J connectivity index is 1.49. The smallest absolute Gasteiger partial charge is 0.234 e. The summed E-state index contributed by atoms with van der Waals surface area (Å²) in [6, 6.07) is 10.8. The van der Waals surface area contributed by atoms with Crippen LogP contribution in [-0.2, 0) is 16.1 Å². The second-order valence-corrected chi connectivity index (χ2v) is 6.87. The number of likely N-dealkylation sites (tertiary alicyclic amines) is 1. The van der Waals surface area contributed by atoms with Gasteiger partial charge >= 0.3 is 0 Å². The van der Waals surface area contributed by atoms with Gasteiger partial charge in [0.05, 0.1) is 18.5 Å². The molecule has 0 bridgehead atoms. The molecular formula is C19H22N2O2. The largest absolute Gasteiger partial charge is 0.278 e. The highest BCUT2D eigenvalue weighted by molar-refractivity contribution is 6.05. The van der Waals surface area contributed by atoms with Gasteiger partial charge in [-0.1, -0.05) is 42.5 Å². The molecule has 4 heteroatoms. The van der Waals surface area contributed by atoms with Crippen LogP contribution in [0.3, 0.4) is 0 Å². The number of hydrogen-bond acceptors (Lipinski definition) is 3. The van der Waals surface area contributed by atoms with Gasteiger partial charge < -0.3 is 0 Å². The minimum atomic E-state index is -0.120. The number of carbonyl (C=O) groups excluding carboxylic acids is 2. The summed E-state index contributed by atoms with van der Waals surface area (Å²) in [5, 5.41) is 0. The molecule has 120 valence electrons. The van der Waals surface area contributed by atoms with Gasteiger partial charge in [-0.2, -0.15) is 0 Å². The SMILES string of the molecule is O=C1[C@H]2CC=CC[C@H]2C(=O)N1CN(Cc1ccccc1)C1CC1. The van der Waals surface area contributed by atoms with Crippen LogP contribution in [0.25, 0.3) is 0 Å². The summed E-state index contributed by atoms with van der Waals surface area (Å²) in [5.41, 5.74) is 1.23. The molecule has 2 fully saturated rings. The van der Waals surface area contributed by atoms with Gasteiger partial charge in [0, 0.05) is 12.6 Å². The van der Waals surface area contributed by atoms with E-state index in [0.29, 0.717) is 25.6 Å². The zero-order valence-electron chi connectivity index (χ0n) is 13.2. The van der Waals surface area contributed by atoms with Crippen molar-refractivity contribution < 1.29 is 9.59 Å². The molecule has 0 N–H and O–H groups in total. The van der Waals surface area contributed by atoms with Gasteiger partial charge in [-0.15, -0.1) is 0 Å². The minimum Gasteiger partial charge on any atom is -0.278 e. The van der Waals surface area contributed by atoms with Crippen LogP contribution >= 0.6 is 0 Å². The van der Waals surface area contributed by atoms with E-state index >= 15 is 0 Å². The topological polar surface area (TPSA) is 40.6 Å². The van der Waals surface area contributed by atoms with E-state index in [9.17, 15) is 9.59 Å². The first-order valence-electron chi connectivity index (χ1n) is 8.52. The van der Waals surface area contributed by atoms with Crippen LogP contribution in [0.4, 0.5) is 0 Å². The first-order valence-corrected chi connectivity index (χ1v) is 8.52. The van der Waals surface area contributed by atoms with Crippen LogP contribution in [-0.4, -0.2) is 34.3 Å². The van der Waals surface area contributed by atoms with Crippen LogP contribution in [0.15, 0.2) is 42.5 Å². The van der Waals surface area contributed by atoms with E-state index in [0.717, 1.165) is 19.4 Å². The maximum absolute atomic E-state index is 12.6. The summed E-state index contributed by atoms with van der Waals surface area (Å²) in [4.78, 5) is 29.1. The molecule has 3 aliphatic rings. The lowest BCUT2D eigenvalue weighted by atomic mass is 9.85. The Morgan fingerprint density at radius 2 is 1.57 bits per heavy atom. The maximum Gasteiger partial charge on any atom is 0.234 e. The molecule has 0 aromatic heterocycles. The van der Waals surface area contributed by atoms with E-state index in [1.54, 1.807) is 0 Å². The summed E-state index contributed by atoms with van der Waals surface area (Å²) in [6.07, 6.45) is 7.84. The standard InChI is InChI=1S/C19H22N2O2/c22-18-16-8-4-5-9-17(16)19(23)21(18)13-20(15-10-11-15)12-14-6-2-1-3-7-14/h1-7,15-17H,8-13H2/t16-,17+. The molecule has 4 rings (SSSR count). The summed E-state index contributed by atoms with van der Waals surface area (Å²) in [5.74, 6) is -0.179. The van der Waals surface area contributed by atoms with Crippen molar-refractivity contribution in [1.82, 2.24) is 9.80 Å². The molecule has 1 aliphatic heterocycles. The van der Waals surface area contributed by atoms with E-state index in [1.165, 1.54) is 10.5 Å². The highest BCUT2D eigenvalue weighted by Gasteiger charge is 2.48. The minimum absolute atomic E-state index is 0.0306. The van der Waals surface area contributed by atoms with Crippen molar-refractivity contribution in [3.8, 4) is 0 Å². The number of imide groups is 1. The Hall–Kier alpha value is -1.94. The van der Waals surface area contributed by atoms with Gasteiger partial charge in [-0.25, -0.2) is 0 Å². The van der Waals surface area contributed by atoms with Gasteiger partial charge in [0.25, 0.3) is 0 Å². The quantitative estimate of drug-likeness (QED) is 0.620. The van der Waals surface area contributed by atoms with Gasteiger partial charge in [-0.3, -0.25) is 19.4 Å². The average molecular weight is 310 g/mol. The van der Waals surface area contributed by atoms with E-state index in [-0.39, 0.29) is 23.7 Å². The number of hydrogen-bond donors (Lipinski definition) is 0. The zero-order valence-corrected chi connectivity index (χ0v) is 13.2. The molecule has 2 atom stereocenters. The predicted molar refractivity (Wildman–Crippen MR) is 87.1 cm³/mol. The molecule has 4 nitrogen and oxygen atoms in total.